The number of fused-ring (bicyclic) bond motifs is 1. The molecule has 1 N–H and O–H groups in total. The summed E-state index contributed by atoms with van der Waals surface area (Å²) >= 11 is 0. The van der Waals surface area contributed by atoms with Crippen LogP contribution in [0.3, 0.4) is 0 Å². The first kappa shape index (κ1) is 14.1. The van der Waals surface area contributed by atoms with E-state index in [-0.39, 0.29) is 6.42 Å². The molecule has 0 aliphatic carbocycles. The molecule has 112 valence electrons. The number of aromatic nitrogens is 3. The van der Waals surface area contributed by atoms with Gasteiger partial charge in [0, 0.05) is 12.8 Å². The molecule has 0 bridgehead atoms. The van der Waals surface area contributed by atoms with E-state index in [4.69, 9.17) is 0 Å². The van der Waals surface area contributed by atoms with E-state index in [2.05, 4.69) is 10.1 Å². The van der Waals surface area contributed by atoms with Crippen LogP contribution >= 0.6 is 0 Å². The first-order chi connectivity index (χ1) is 9.91. The minimum atomic E-state index is -4.35. The van der Waals surface area contributed by atoms with Gasteiger partial charge in [-0.15, -0.1) is 0 Å². The second kappa shape index (κ2) is 5.14. The van der Waals surface area contributed by atoms with Crippen molar-refractivity contribution in [2.45, 2.75) is 38.1 Å². The summed E-state index contributed by atoms with van der Waals surface area (Å²) in [5.74, 6) is 1.26. The van der Waals surface area contributed by atoms with Crippen LogP contribution in [-0.2, 0) is 25.6 Å². The zero-order chi connectivity index (χ0) is 15.0. The molecular formula is C14H14F3N3O. The summed E-state index contributed by atoms with van der Waals surface area (Å²) in [7, 11) is 0. The molecule has 1 aromatic carbocycles. The Bertz CT molecular complexity index is 651. The van der Waals surface area contributed by atoms with Gasteiger partial charge in [0.15, 0.2) is 5.82 Å². The van der Waals surface area contributed by atoms with Crippen molar-refractivity contribution in [3.63, 3.8) is 0 Å². The van der Waals surface area contributed by atoms with Crippen molar-refractivity contribution in [3.8, 4) is 0 Å². The molecule has 0 saturated heterocycles. The molecule has 7 heteroatoms. The van der Waals surface area contributed by atoms with Crippen LogP contribution in [0.25, 0.3) is 0 Å². The highest BCUT2D eigenvalue weighted by molar-refractivity contribution is 5.27. The molecule has 0 radical (unpaired) electrons. The summed E-state index contributed by atoms with van der Waals surface area (Å²) in [6.07, 6.45) is -3.25. The van der Waals surface area contributed by atoms with E-state index in [9.17, 15) is 18.3 Å². The fraction of sp³-hybridized carbons (Fsp3) is 0.429. The highest BCUT2D eigenvalue weighted by Crippen LogP contribution is 2.29. The first-order valence-electron chi connectivity index (χ1n) is 6.68. The van der Waals surface area contributed by atoms with Crippen LogP contribution in [-0.4, -0.2) is 26.0 Å². The first-order valence-corrected chi connectivity index (χ1v) is 6.68. The van der Waals surface area contributed by atoms with Gasteiger partial charge in [0.25, 0.3) is 0 Å². The van der Waals surface area contributed by atoms with E-state index in [1.54, 1.807) is 10.7 Å². The van der Waals surface area contributed by atoms with Crippen molar-refractivity contribution >= 4 is 0 Å². The van der Waals surface area contributed by atoms with Crippen LogP contribution in [0.15, 0.2) is 24.3 Å². The predicted octanol–water partition coefficient (Wildman–Crippen LogP) is 2.19. The number of rotatable bonds is 2. The number of aliphatic hydroxyl groups is 1. The number of hydrogen-bond acceptors (Lipinski definition) is 3. The van der Waals surface area contributed by atoms with Crippen molar-refractivity contribution in [1.82, 2.24) is 14.8 Å². The predicted molar refractivity (Wildman–Crippen MR) is 68.6 cm³/mol. The van der Waals surface area contributed by atoms with Crippen LogP contribution in [0.4, 0.5) is 13.2 Å². The SMILES string of the molecule is OC1CCc2nc(Cc3cccc(C(F)(F)F)c3)nn2C1. The number of hydrogen-bond donors (Lipinski definition) is 1. The molecule has 0 fully saturated rings. The molecule has 0 saturated carbocycles. The molecule has 1 aliphatic rings. The normalized spacial score (nSPS) is 18.6. The lowest BCUT2D eigenvalue weighted by Crippen LogP contribution is -2.25. The van der Waals surface area contributed by atoms with E-state index in [0.29, 0.717) is 30.8 Å². The minimum Gasteiger partial charge on any atom is -0.391 e. The van der Waals surface area contributed by atoms with Crippen LogP contribution in [0.5, 0.6) is 0 Å². The molecule has 4 nitrogen and oxygen atoms in total. The Morgan fingerprint density at radius 3 is 2.90 bits per heavy atom. The number of benzene rings is 1. The van der Waals surface area contributed by atoms with Gasteiger partial charge in [0.2, 0.25) is 0 Å². The molecule has 2 aromatic rings. The highest BCUT2D eigenvalue weighted by atomic mass is 19.4. The van der Waals surface area contributed by atoms with Crippen LogP contribution in [0.1, 0.15) is 29.2 Å². The number of alkyl halides is 3. The lowest BCUT2D eigenvalue weighted by Gasteiger charge is -2.16. The number of aliphatic hydroxyl groups excluding tert-OH is 1. The van der Waals surface area contributed by atoms with Crippen molar-refractivity contribution in [2.24, 2.45) is 0 Å². The lowest BCUT2D eigenvalue weighted by atomic mass is 10.1. The second-order valence-corrected chi connectivity index (χ2v) is 5.19. The fourth-order valence-corrected chi connectivity index (χ4v) is 2.46. The van der Waals surface area contributed by atoms with Crippen LogP contribution in [0, 0.1) is 0 Å². The molecule has 3 rings (SSSR count). The van der Waals surface area contributed by atoms with Crippen molar-refractivity contribution < 1.29 is 18.3 Å². The Balaban J connectivity index is 1.81. The number of aryl methyl sites for hydroxylation is 1. The van der Waals surface area contributed by atoms with Gasteiger partial charge in [0.05, 0.1) is 18.2 Å². The summed E-state index contributed by atoms with van der Waals surface area (Å²) in [5.41, 5.74) is -0.146. The van der Waals surface area contributed by atoms with E-state index in [1.807, 2.05) is 0 Å². The third-order valence-corrected chi connectivity index (χ3v) is 3.49. The van der Waals surface area contributed by atoms with Crippen molar-refractivity contribution in [1.29, 1.82) is 0 Å². The third-order valence-electron chi connectivity index (χ3n) is 3.49. The quantitative estimate of drug-likeness (QED) is 0.924. The van der Waals surface area contributed by atoms with Gasteiger partial charge in [-0.25, -0.2) is 9.67 Å². The van der Waals surface area contributed by atoms with Crippen LogP contribution in [0.2, 0.25) is 0 Å². The maximum Gasteiger partial charge on any atom is 0.416 e. The monoisotopic (exact) mass is 297 g/mol. The molecule has 0 amide bonds. The van der Waals surface area contributed by atoms with E-state index in [0.717, 1.165) is 18.0 Å². The third kappa shape index (κ3) is 3.07. The number of nitrogens with zero attached hydrogens (tertiary/aromatic N) is 3. The maximum atomic E-state index is 12.7. The molecule has 21 heavy (non-hydrogen) atoms. The fourth-order valence-electron chi connectivity index (χ4n) is 2.46. The van der Waals surface area contributed by atoms with Gasteiger partial charge >= 0.3 is 6.18 Å². The zero-order valence-electron chi connectivity index (χ0n) is 11.1. The van der Waals surface area contributed by atoms with Gasteiger partial charge < -0.3 is 5.11 Å². The van der Waals surface area contributed by atoms with E-state index >= 15 is 0 Å². The van der Waals surface area contributed by atoms with Gasteiger partial charge in [-0.2, -0.15) is 18.3 Å². The Morgan fingerprint density at radius 2 is 2.14 bits per heavy atom. The van der Waals surface area contributed by atoms with Crippen molar-refractivity contribution in [3.05, 3.63) is 47.0 Å². The van der Waals surface area contributed by atoms with Gasteiger partial charge in [-0.05, 0) is 18.1 Å². The Labute approximate surface area is 119 Å². The molecule has 0 spiro atoms. The van der Waals surface area contributed by atoms with Gasteiger partial charge in [-0.1, -0.05) is 18.2 Å². The topological polar surface area (TPSA) is 50.9 Å². The maximum absolute atomic E-state index is 12.7. The smallest absolute Gasteiger partial charge is 0.391 e. The van der Waals surface area contributed by atoms with Crippen molar-refractivity contribution in [2.75, 3.05) is 0 Å². The van der Waals surface area contributed by atoms with E-state index < -0.39 is 17.8 Å². The summed E-state index contributed by atoms with van der Waals surface area (Å²) in [6.45, 7) is 0.394. The largest absolute Gasteiger partial charge is 0.416 e. The van der Waals surface area contributed by atoms with Gasteiger partial charge in [0.1, 0.15) is 5.82 Å². The standard InChI is InChI=1S/C14H14F3N3O/c15-14(16,17)10-3-1-2-9(6-10)7-12-18-13-5-4-11(21)8-20(13)19-12/h1-3,6,11,21H,4-5,7-8H2. The molecule has 1 unspecified atom stereocenters. The minimum absolute atomic E-state index is 0.250. The highest BCUT2D eigenvalue weighted by Gasteiger charge is 2.30. The average Bonchev–Trinajstić information content (AvgIpc) is 2.79. The number of halogens is 3. The average molecular weight is 297 g/mol. The van der Waals surface area contributed by atoms with Crippen LogP contribution < -0.4 is 0 Å². The Morgan fingerprint density at radius 1 is 1.33 bits per heavy atom. The Hall–Kier alpha value is -1.89. The molecular weight excluding hydrogens is 283 g/mol. The van der Waals surface area contributed by atoms with E-state index in [1.165, 1.54) is 6.07 Å². The summed E-state index contributed by atoms with van der Waals surface area (Å²) < 4.78 is 39.7. The second-order valence-electron chi connectivity index (χ2n) is 5.19. The van der Waals surface area contributed by atoms with Gasteiger partial charge in [-0.3, -0.25) is 0 Å². The molecule has 1 atom stereocenters. The molecule has 1 aliphatic heterocycles. The summed E-state index contributed by atoms with van der Waals surface area (Å²) in [6, 6.07) is 5.18. The lowest BCUT2D eigenvalue weighted by molar-refractivity contribution is -0.137. The molecule has 2 heterocycles. The Kier molecular flexibility index (Phi) is 3.44. The molecule has 1 aromatic heterocycles. The zero-order valence-corrected chi connectivity index (χ0v) is 11.1. The summed E-state index contributed by atoms with van der Waals surface area (Å²) in [5, 5.41) is 13.8. The summed E-state index contributed by atoms with van der Waals surface area (Å²) in [4.78, 5) is 4.33.